The Morgan fingerprint density at radius 1 is 1.10 bits per heavy atom. The van der Waals surface area contributed by atoms with E-state index in [4.69, 9.17) is 21.6 Å². The van der Waals surface area contributed by atoms with Gasteiger partial charge in [0, 0.05) is 29.8 Å². The Hall–Kier alpha value is -4.02. The molecule has 1 atom stereocenters. The molecule has 9 heteroatoms. The fourth-order valence-corrected chi connectivity index (χ4v) is 5.64. The van der Waals surface area contributed by atoms with Gasteiger partial charge in [-0.05, 0) is 44.0 Å². The fourth-order valence-electron chi connectivity index (χ4n) is 5.64. The lowest BCUT2D eigenvalue weighted by Crippen LogP contribution is -2.54. The minimum atomic E-state index is -0.824. The van der Waals surface area contributed by atoms with Crippen LogP contribution in [0.25, 0.3) is 22.2 Å². The molecule has 1 fully saturated rings. The number of fused-ring (bicyclic) bond motifs is 2. The second kappa shape index (κ2) is 9.94. The number of carbonyl (C=O) groups excluding carboxylic acids is 1. The van der Waals surface area contributed by atoms with Crippen LogP contribution in [0, 0.1) is 5.92 Å². The standard InChI is InChI=1S/C30H31N7O2/c31-27(38)7-4-12-34-19-30(39)16-23(17-30)28-26-18-33-13-14-37(26,32)29(36-28)22-9-8-21-10-11-24(35-25(21)15-22)20-5-2-1-3-6-20/h1-3,5-6,8-11,13-15,18,23,34,39H,4,7,12,16-17,19,32H2,(H-,31,38)/p+1. The number of aliphatic hydroxyl groups is 1. The molecule has 1 saturated carbocycles. The van der Waals surface area contributed by atoms with E-state index in [0.29, 0.717) is 44.6 Å². The van der Waals surface area contributed by atoms with E-state index >= 15 is 0 Å². The molecule has 3 aliphatic rings. The number of aliphatic imine (C=N–C) groups is 2. The molecule has 6 N–H and O–H groups in total. The quantitative estimate of drug-likeness (QED) is 0.194. The highest BCUT2D eigenvalue weighted by atomic mass is 16.3. The maximum Gasteiger partial charge on any atom is 0.264 e. The second-order valence-electron chi connectivity index (χ2n) is 10.6. The Morgan fingerprint density at radius 3 is 2.69 bits per heavy atom. The normalized spacial score (nSPS) is 25.5. The molecular formula is C30H32N7O2+. The van der Waals surface area contributed by atoms with Crippen LogP contribution in [0.2, 0.25) is 0 Å². The molecule has 0 radical (unpaired) electrons. The Kier molecular flexibility index (Phi) is 6.44. The average Bonchev–Trinajstić information content (AvgIpc) is 3.23. The third-order valence-electron chi connectivity index (χ3n) is 7.71. The predicted molar refractivity (Wildman–Crippen MR) is 152 cm³/mol. The molecule has 1 aliphatic carbocycles. The van der Waals surface area contributed by atoms with Crippen LogP contribution in [0.1, 0.15) is 31.2 Å². The molecule has 39 heavy (non-hydrogen) atoms. The zero-order valence-electron chi connectivity index (χ0n) is 21.6. The van der Waals surface area contributed by atoms with Crippen molar-refractivity contribution in [3.63, 3.8) is 0 Å². The number of amidine groups is 1. The van der Waals surface area contributed by atoms with Crippen LogP contribution in [0.5, 0.6) is 0 Å². The van der Waals surface area contributed by atoms with Gasteiger partial charge in [0.2, 0.25) is 11.6 Å². The van der Waals surface area contributed by atoms with Crippen molar-refractivity contribution in [1.82, 2.24) is 10.3 Å². The summed E-state index contributed by atoms with van der Waals surface area (Å²) in [6.45, 7) is 1.09. The number of pyridine rings is 1. The van der Waals surface area contributed by atoms with Gasteiger partial charge >= 0.3 is 0 Å². The van der Waals surface area contributed by atoms with Crippen molar-refractivity contribution >= 4 is 28.9 Å². The summed E-state index contributed by atoms with van der Waals surface area (Å²) in [7, 11) is 0. The first kappa shape index (κ1) is 25.3. The third-order valence-corrected chi connectivity index (χ3v) is 7.71. The van der Waals surface area contributed by atoms with Crippen LogP contribution in [0.4, 0.5) is 0 Å². The number of nitrogens with two attached hydrogens (primary N) is 2. The van der Waals surface area contributed by atoms with Crippen LogP contribution < -0.4 is 16.9 Å². The monoisotopic (exact) mass is 522 g/mol. The summed E-state index contributed by atoms with van der Waals surface area (Å²) in [5, 5.41) is 15.3. The Balaban J connectivity index is 1.25. The molecule has 0 bridgehead atoms. The van der Waals surface area contributed by atoms with E-state index in [0.717, 1.165) is 39.1 Å². The first-order valence-electron chi connectivity index (χ1n) is 13.2. The molecule has 198 valence electrons. The third kappa shape index (κ3) is 4.81. The number of nitrogens with one attached hydrogen (secondary N) is 1. The van der Waals surface area contributed by atoms with Gasteiger partial charge in [-0.25, -0.2) is 4.98 Å². The lowest BCUT2D eigenvalue weighted by Gasteiger charge is -2.43. The maximum atomic E-state index is 11.0. The van der Waals surface area contributed by atoms with Crippen molar-refractivity contribution < 1.29 is 14.5 Å². The number of rotatable bonds is 9. The van der Waals surface area contributed by atoms with Gasteiger partial charge in [0.1, 0.15) is 11.9 Å². The van der Waals surface area contributed by atoms with Gasteiger partial charge < -0.3 is 16.2 Å². The Bertz CT molecular complexity index is 1550. The number of amides is 1. The first-order chi connectivity index (χ1) is 18.8. The molecule has 1 amide bonds. The highest BCUT2D eigenvalue weighted by molar-refractivity contribution is 6.02. The van der Waals surface area contributed by atoms with E-state index in [1.807, 2.05) is 48.7 Å². The van der Waals surface area contributed by atoms with Crippen molar-refractivity contribution in [3.8, 4) is 11.3 Å². The zero-order chi connectivity index (χ0) is 27.0. The van der Waals surface area contributed by atoms with Gasteiger partial charge in [0.05, 0.1) is 34.8 Å². The summed E-state index contributed by atoms with van der Waals surface area (Å²) < 4.78 is -0.0665. The highest BCUT2D eigenvalue weighted by Gasteiger charge is 2.51. The largest absolute Gasteiger partial charge is 0.389 e. The van der Waals surface area contributed by atoms with Crippen molar-refractivity contribution in [1.29, 1.82) is 0 Å². The summed E-state index contributed by atoms with van der Waals surface area (Å²) in [6.07, 6.45) is 7.44. The molecule has 9 nitrogen and oxygen atoms in total. The van der Waals surface area contributed by atoms with Gasteiger partial charge in [0.15, 0.2) is 0 Å². The van der Waals surface area contributed by atoms with Gasteiger partial charge in [-0.1, -0.05) is 42.5 Å². The topological polar surface area (TPSA) is 139 Å². The number of quaternary nitrogens is 1. The first-order valence-corrected chi connectivity index (χ1v) is 13.2. The van der Waals surface area contributed by atoms with E-state index < -0.39 is 5.60 Å². The molecule has 1 unspecified atom stereocenters. The summed E-state index contributed by atoms with van der Waals surface area (Å²) in [4.78, 5) is 25.3. The van der Waals surface area contributed by atoms with Crippen LogP contribution in [-0.2, 0) is 4.79 Å². The molecule has 2 aromatic carbocycles. The van der Waals surface area contributed by atoms with Gasteiger partial charge in [0.25, 0.3) is 5.84 Å². The minimum absolute atomic E-state index is 0.0665. The number of nitrogens with zero attached hydrogens (tertiary/aromatic N) is 4. The van der Waals surface area contributed by atoms with Gasteiger partial charge in [-0.2, -0.15) is 10.8 Å². The summed E-state index contributed by atoms with van der Waals surface area (Å²) in [5.41, 5.74) is 9.79. The van der Waals surface area contributed by atoms with Crippen molar-refractivity contribution in [2.75, 3.05) is 13.1 Å². The molecule has 1 aromatic heterocycles. The number of hydrogen-bond acceptors (Lipinski definition) is 7. The number of aromatic nitrogens is 1. The molecule has 3 aromatic rings. The molecule has 0 spiro atoms. The Morgan fingerprint density at radius 2 is 1.90 bits per heavy atom. The second-order valence-corrected chi connectivity index (χ2v) is 10.6. The number of primary amides is 1. The van der Waals surface area contributed by atoms with Crippen LogP contribution in [0.15, 0.2) is 94.4 Å². The lowest BCUT2D eigenvalue weighted by molar-refractivity contribution is -0.750. The number of carbonyl (C=O) groups is 1. The zero-order valence-corrected chi connectivity index (χ0v) is 21.6. The maximum absolute atomic E-state index is 11.0. The molecule has 2 aliphatic heterocycles. The van der Waals surface area contributed by atoms with E-state index in [1.165, 1.54) is 0 Å². The minimum Gasteiger partial charge on any atom is -0.389 e. The van der Waals surface area contributed by atoms with Crippen molar-refractivity contribution in [3.05, 3.63) is 90.0 Å². The lowest BCUT2D eigenvalue weighted by atomic mass is 9.69. The smallest absolute Gasteiger partial charge is 0.264 e. The molecular weight excluding hydrogens is 490 g/mol. The SMILES string of the molecule is NC(=O)CCCNCC1(O)CC(C2=C3C=NC=C[N+]3(N)C(c3ccc4ccc(-c5ccccc5)nc4c3)=N2)C1. The number of allylic oxidation sites excluding steroid dienone is 2. The van der Waals surface area contributed by atoms with Crippen molar-refractivity contribution in [2.24, 2.45) is 27.5 Å². The summed E-state index contributed by atoms with van der Waals surface area (Å²) in [6, 6.07) is 20.4. The van der Waals surface area contributed by atoms with Crippen LogP contribution in [0.3, 0.4) is 0 Å². The molecule has 3 heterocycles. The van der Waals surface area contributed by atoms with Crippen molar-refractivity contribution in [2.45, 2.75) is 31.3 Å². The predicted octanol–water partition coefficient (Wildman–Crippen LogP) is 3.12. The van der Waals surface area contributed by atoms with Gasteiger partial charge in [-0.15, -0.1) is 4.59 Å². The van der Waals surface area contributed by atoms with E-state index in [2.05, 4.69) is 28.5 Å². The average molecular weight is 523 g/mol. The van der Waals surface area contributed by atoms with E-state index in [9.17, 15) is 9.90 Å². The van der Waals surface area contributed by atoms with E-state index in [1.54, 1.807) is 12.4 Å². The number of benzene rings is 2. The van der Waals surface area contributed by atoms with Gasteiger partial charge in [-0.3, -0.25) is 9.79 Å². The fraction of sp³-hybridized carbons (Fsp3) is 0.267. The summed E-state index contributed by atoms with van der Waals surface area (Å²) in [5.74, 6) is 7.42. The highest BCUT2D eigenvalue weighted by Crippen LogP contribution is 2.47. The van der Waals surface area contributed by atoms with E-state index in [-0.39, 0.29) is 16.4 Å². The molecule has 6 rings (SSSR count). The van der Waals surface area contributed by atoms with Crippen LogP contribution >= 0.6 is 0 Å². The van der Waals surface area contributed by atoms with Crippen LogP contribution in [-0.4, -0.2) is 51.3 Å². The Labute approximate surface area is 226 Å². The molecule has 0 saturated heterocycles. The summed E-state index contributed by atoms with van der Waals surface area (Å²) >= 11 is 0. The number of hydrogen-bond donors (Lipinski definition) is 4.